The van der Waals surface area contributed by atoms with Crippen molar-refractivity contribution in [3.05, 3.63) is 59.8 Å². The van der Waals surface area contributed by atoms with E-state index in [0.29, 0.717) is 24.3 Å². The van der Waals surface area contributed by atoms with Crippen LogP contribution in [-0.2, 0) is 0 Å². The van der Waals surface area contributed by atoms with Gasteiger partial charge in [-0.1, -0.05) is 0 Å². The Bertz CT molecular complexity index is 913. The van der Waals surface area contributed by atoms with Crippen LogP contribution in [0, 0.1) is 12.7 Å². The van der Waals surface area contributed by atoms with Gasteiger partial charge in [0.25, 0.3) is 5.91 Å². The van der Waals surface area contributed by atoms with Crippen LogP contribution in [0.15, 0.2) is 42.6 Å². The third kappa shape index (κ3) is 2.93. The molecule has 0 N–H and O–H groups in total. The molecule has 0 aliphatic carbocycles. The monoisotopic (exact) mass is 339 g/mol. The summed E-state index contributed by atoms with van der Waals surface area (Å²) in [5.41, 5.74) is 2.28. The van der Waals surface area contributed by atoms with Crippen LogP contribution in [0.4, 0.5) is 10.1 Å². The number of carbonyl (C=O) groups is 1. The number of halogens is 1. The van der Waals surface area contributed by atoms with Gasteiger partial charge in [-0.3, -0.25) is 9.20 Å². The molecule has 0 radical (unpaired) electrons. The zero-order valence-corrected chi connectivity index (χ0v) is 13.9. The molecule has 3 heterocycles. The van der Waals surface area contributed by atoms with Crippen molar-refractivity contribution in [2.75, 3.05) is 31.1 Å². The summed E-state index contributed by atoms with van der Waals surface area (Å²) < 4.78 is 14.9. The largest absolute Gasteiger partial charge is 0.368 e. The first kappa shape index (κ1) is 15.6. The van der Waals surface area contributed by atoms with Crippen molar-refractivity contribution in [3.63, 3.8) is 0 Å². The fourth-order valence-corrected chi connectivity index (χ4v) is 3.15. The number of pyridine rings is 1. The van der Waals surface area contributed by atoms with Gasteiger partial charge < -0.3 is 9.80 Å². The van der Waals surface area contributed by atoms with Gasteiger partial charge in [0, 0.05) is 43.6 Å². The number of piperazine rings is 1. The third-order valence-electron chi connectivity index (χ3n) is 4.59. The summed E-state index contributed by atoms with van der Waals surface area (Å²) in [7, 11) is 0. The van der Waals surface area contributed by atoms with E-state index in [9.17, 15) is 9.18 Å². The maximum absolute atomic E-state index is 13.0. The molecule has 4 rings (SSSR count). The number of carbonyl (C=O) groups excluding carboxylic acids is 1. The second-order valence-electron chi connectivity index (χ2n) is 6.15. The van der Waals surface area contributed by atoms with E-state index in [0.717, 1.165) is 24.6 Å². The van der Waals surface area contributed by atoms with Gasteiger partial charge in [0.05, 0.1) is 0 Å². The van der Waals surface area contributed by atoms with Crippen molar-refractivity contribution in [2.24, 2.45) is 0 Å². The number of benzene rings is 1. The van der Waals surface area contributed by atoms with Crippen LogP contribution in [0.3, 0.4) is 0 Å². The molecule has 0 saturated carbocycles. The van der Waals surface area contributed by atoms with Gasteiger partial charge in [0.2, 0.25) is 0 Å². The van der Waals surface area contributed by atoms with Crippen molar-refractivity contribution >= 4 is 17.2 Å². The third-order valence-corrected chi connectivity index (χ3v) is 4.59. The summed E-state index contributed by atoms with van der Waals surface area (Å²) >= 11 is 0. The molecule has 25 heavy (non-hydrogen) atoms. The summed E-state index contributed by atoms with van der Waals surface area (Å²) in [5.74, 6) is 0.556. The number of aryl methyl sites for hydroxylation is 1. The van der Waals surface area contributed by atoms with Crippen molar-refractivity contribution < 1.29 is 9.18 Å². The maximum atomic E-state index is 13.0. The first-order chi connectivity index (χ1) is 12.1. The Hall–Kier alpha value is -2.96. The predicted octanol–water partition coefficient (Wildman–Crippen LogP) is 2.14. The topological polar surface area (TPSA) is 53.7 Å². The van der Waals surface area contributed by atoms with E-state index in [1.165, 1.54) is 12.1 Å². The van der Waals surface area contributed by atoms with Gasteiger partial charge in [-0.2, -0.15) is 0 Å². The molecule has 128 valence electrons. The molecule has 1 amide bonds. The second-order valence-corrected chi connectivity index (χ2v) is 6.15. The molecule has 1 aliphatic heterocycles. The summed E-state index contributed by atoms with van der Waals surface area (Å²) in [5, 5.41) is 8.08. The van der Waals surface area contributed by atoms with Crippen LogP contribution in [0.5, 0.6) is 0 Å². The SMILES string of the molecule is Cc1nnc2cc(C(=O)N3CCN(c4ccc(F)cc4)CC3)ccn12. The Balaban J connectivity index is 1.45. The van der Waals surface area contributed by atoms with Crippen molar-refractivity contribution in [1.29, 1.82) is 0 Å². The summed E-state index contributed by atoms with van der Waals surface area (Å²) in [6.07, 6.45) is 1.83. The molecule has 6 nitrogen and oxygen atoms in total. The van der Waals surface area contributed by atoms with E-state index in [-0.39, 0.29) is 11.7 Å². The lowest BCUT2D eigenvalue weighted by molar-refractivity contribution is 0.0747. The van der Waals surface area contributed by atoms with Crippen LogP contribution < -0.4 is 4.90 Å². The van der Waals surface area contributed by atoms with Gasteiger partial charge in [0.15, 0.2) is 5.65 Å². The highest BCUT2D eigenvalue weighted by Gasteiger charge is 2.22. The van der Waals surface area contributed by atoms with Gasteiger partial charge in [-0.15, -0.1) is 10.2 Å². The molecular weight excluding hydrogens is 321 g/mol. The van der Waals surface area contributed by atoms with E-state index >= 15 is 0 Å². The van der Waals surface area contributed by atoms with Gasteiger partial charge in [-0.25, -0.2) is 4.39 Å². The lowest BCUT2D eigenvalue weighted by Gasteiger charge is -2.36. The number of rotatable bonds is 2. The molecule has 1 saturated heterocycles. The first-order valence-corrected chi connectivity index (χ1v) is 8.23. The normalized spacial score (nSPS) is 15.0. The Kier molecular flexibility index (Phi) is 3.83. The predicted molar refractivity (Wildman–Crippen MR) is 92.2 cm³/mol. The molecule has 0 atom stereocenters. The number of hydrogen-bond acceptors (Lipinski definition) is 4. The van der Waals surface area contributed by atoms with Gasteiger partial charge in [0.1, 0.15) is 11.6 Å². The fraction of sp³-hybridized carbons (Fsp3) is 0.278. The summed E-state index contributed by atoms with van der Waals surface area (Å²) in [4.78, 5) is 16.7. The van der Waals surface area contributed by atoms with Crippen LogP contribution in [0.25, 0.3) is 5.65 Å². The van der Waals surface area contributed by atoms with Gasteiger partial charge >= 0.3 is 0 Å². The van der Waals surface area contributed by atoms with E-state index in [2.05, 4.69) is 15.1 Å². The number of aromatic nitrogens is 3. The van der Waals surface area contributed by atoms with Crippen LogP contribution in [-0.4, -0.2) is 51.6 Å². The standard InChI is InChI=1S/C18H18FN5O/c1-13-20-21-17-12-14(6-7-24(13)17)18(25)23-10-8-22(9-11-23)16-4-2-15(19)3-5-16/h2-7,12H,8-11H2,1H3. The molecule has 1 fully saturated rings. The van der Waals surface area contributed by atoms with Crippen molar-refractivity contribution in [3.8, 4) is 0 Å². The minimum absolute atomic E-state index is 0.00177. The highest BCUT2D eigenvalue weighted by molar-refractivity contribution is 5.95. The Labute approximate surface area is 144 Å². The number of nitrogens with zero attached hydrogens (tertiary/aromatic N) is 5. The van der Waals surface area contributed by atoms with Crippen LogP contribution in [0.1, 0.15) is 16.2 Å². The molecule has 3 aromatic rings. The summed E-state index contributed by atoms with van der Waals surface area (Å²) in [6.45, 7) is 4.59. The minimum Gasteiger partial charge on any atom is -0.368 e. The van der Waals surface area contributed by atoms with Crippen LogP contribution in [0.2, 0.25) is 0 Å². The van der Waals surface area contributed by atoms with E-state index in [1.807, 2.05) is 22.4 Å². The van der Waals surface area contributed by atoms with Crippen LogP contribution >= 0.6 is 0 Å². The second kappa shape index (κ2) is 6.16. The van der Waals surface area contributed by atoms with E-state index in [1.54, 1.807) is 24.3 Å². The molecule has 0 spiro atoms. The molecule has 2 aromatic heterocycles. The highest BCUT2D eigenvalue weighted by atomic mass is 19.1. The van der Waals surface area contributed by atoms with Gasteiger partial charge in [-0.05, 0) is 43.3 Å². The number of hydrogen-bond donors (Lipinski definition) is 0. The average molecular weight is 339 g/mol. The average Bonchev–Trinajstić information content (AvgIpc) is 3.02. The first-order valence-electron chi connectivity index (χ1n) is 8.23. The lowest BCUT2D eigenvalue weighted by atomic mass is 10.2. The van der Waals surface area contributed by atoms with E-state index < -0.39 is 0 Å². The molecule has 1 aromatic carbocycles. The molecule has 7 heteroatoms. The van der Waals surface area contributed by atoms with E-state index in [4.69, 9.17) is 0 Å². The number of anilines is 1. The zero-order valence-electron chi connectivity index (χ0n) is 13.9. The lowest BCUT2D eigenvalue weighted by Crippen LogP contribution is -2.48. The number of fused-ring (bicyclic) bond motifs is 1. The summed E-state index contributed by atoms with van der Waals surface area (Å²) in [6, 6.07) is 10.0. The highest BCUT2D eigenvalue weighted by Crippen LogP contribution is 2.18. The minimum atomic E-state index is -0.239. The van der Waals surface area contributed by atoms with Crippen molar-refractivity contribution in [2.45, 2.75) is 6.92 Å². The molecule has 0 unspecified atom stereocenters. The quantitative estimate of drug-likeness (QED) is 0.718. The zero-order chi connectivity index (χ0) is 17.4. The smallest absolute Gasteiger partial charge is 0.254 e. The molecule has 1 aliphatic rings. The Morgan fingerprint density at radius 1 is 1.04 bits per heavy atom. The Morgan fingerprint density at radius 3 is 2.48 bits per heavy atom. The fourth-order valence-electron chi connectivity index (χ4n) is 3.15. The molecular formula is C18H18FN5O. The molecule has 0 bridgehead atoms. The van der Waals surface area contributed by atoms with Crippen molar-refractivity contribution in [1.82, 2.24) is 19.5 Å². The number of amides is 1. The maximum Gasteiger partial charge on any atom is 0.254 e. The Morgan fingerprint density at radius 2 is 1.76 bits per heavy atom.